The zero-order chi connectivity index (χ0) is 14.5. The second kappa shape index (κ2) is 5.99. The Morgan fingerprint density at radius 2 is 1.84 bits per heavy atom. The fourth-order valence-electron chi connectivity index (χ4n) is 1.09. The van der Waals surface area contributed by atoms with Crippen molar-refractivity contribution < 1.29 is 23.1 Å². The number of aliphatic carboxylic acids is 1. The summed E-state index contributed by atoms with van der Waals surface area (Å²) < 4.78 is 25.2. The number of sulfonamides is 1. The van der Waals surface area contributed by atoms with Gasteiger partial charge in [-0.2, -0.15) is 4.72 Å². The SMILES string of the molecule is NC(=O)C#Cc1ccc(S(=O)(=O)NCC(=O)O)cc1. The molecule has 0 aliphatic rings. The van der Waals surface area contributed by atoms with E-state index < -0.39 is 28.4 Å². The third-order valence-electron chi connectivity index (χ3n) is 1.91. The molecule has 0 fully saturated rings. The summed E-state index contributed by atoms with van der Waals surface area (Å²) in [5.41, 5.74) is 5.25. The smallest absolute Gasteiger partial charge is 0.318 e. The maximum Gasteiger partial charge on any atom is 0.318 e. The second-order valence-electron chi connectivity index (χ2n) is 3.36. The van der Waals surface area contributed by atoms with Crippen LogP contribution in [0, 0.1) is 11.8 Å². The Hall–Kier alpha value is -2.37. The predicted octanol–water partition coefficient (Wildman–Crippen LogP) is -1.11. The van der Waals surface area contributed by atoms with Crippen molar-refractivity contribution in [2.45, 2.75) is 4.90 Å². The van der Waals surface area contributed by atoms with Crippen molar-refractivity contribution in [2.75, 3.05) is 6.54 Å². The van der Waals surface area contributed by atoms with Gasteiger partial charge in [0.1, 0.15) is 6.54 Å². The van der Waals surface area contributed by atoms with Crippen LogP contribution in [0.3, 0.4) is 0 Å². The molecule has 0 bridgehead atoms. The molecule has 0 saturated heterocycles. The first-order valence-electron chi connectivity index (χ1n) is 4.94. The largest absolute Gasteiger partial charge is 0.480 e. The Morgan fingerprint density at radius 3 is 2.32 bits per heavy atom. The molecule has 1 rings (SSSR count). The van der Waals surface area contributed by atoms with E-state index in [-0.39, 0.29) is 4.90 Å². The van der Waals surface area contributed by atoms with E-state index in [1.807, 2.05) is 4.72 Å². The van der Waals surface area contributed by atoms with Crippen LogP contribution in [0.5, 0.6) is 0 Å². The quantitative estimate of drug-likeness (QED) is 0.603. The number of nitrogens with one attached hydrogen (secondary N) is 1. The standard InChI is InChI=1S/C11H10N2O5S/c12-10(14)6-3-8-1-4-9(5-2-8)19(17,18)13-7-11(15)16/h1-2,4-5,13H,7H2,(H2,12,14)(H,15,16). The number of carboxylic acids is 1. The molecule has 1 amide bonds. The zero-order valence-electron chi connectivity index (χ0n) is 9.58. The van der Waals surface area contributed by atoms with Crippen molar-refractivity contribution in [1.29, 1.82) is 0 Å². The fourth-order valence-corrected chi connectivity index (χ4v) is 2.07. The zero-order valence-corrected chi connectivity index (χ0v) is 10.4. The van der Waals surface area contributed by atoms with E-state index in [0.717, 1.165) is 0 Å². The number of hydrogen-bond acceptors (Lipinski definition) is 4. The van der Waals surface area contributed by atoms with Gasteiger partial charge in [0.05, 0.1) is 4.90 Å². The van der Waals surface area contributed by atoms with Gasteiger partial charge in [-0.3, -0.25) is 9.59 Å². The number of carbonyl (C=O) groups excluding carboxylic acids is 1. The number of carbonyl (C=O) groups is 2. The summed E-state index contributed by atoms with van der Waals surface area (Å²) in [7, 11) is -3.87. The van der Waals surface area contributed by atoms with Crippen molar-refractivity contribution in [3.63, 3.8) is 0 Å². The summed E-state index contributed by atoms with van der Waals surface area (Å²) >= 11 is 0. The molecule has 0 radical (unpaired) electrons. The third-order valence-corrected chi connectivity index (χ3v) is 3.33. The number of primary amides is 1. The fraction of sp³-hybridized carbons (Fsp3) is 0.0909. The molecule has 4 N–H and O–H groups in total. The first kappa shape index (κ1) is 14.7. The van der Waals surface area contributed by atoms with Gasteiger partial charge < -0.3 is 10.8 Å². The molecule has 19 heavy (non-hydrogen) atoms. The minimum Gasteiger partial charge on any atom is -0.480 e. The van der Waals surface area contributed by atoms with Crippen LogP contribution >= 0.6 is 0 Å². The lowest BCUT2D eigenvalue weighted by Gasteiger charge is -2.04. The summed E-state index contributed by atoms with van der Waals surface area (Å²) in [6, 6.07) is 5.25. The molecular weight excluding hydrogens is 272 g/mol. The van der Waals surface area contributed by atoms with Crippen molar-refractivity contribution in [1.82, 2.24) is 4.72 Å². The highest BCUT2D eigenvalue weighted by Gasteiger charge is 2.14. The van der Waals surface area contributed by atoms with Gasteiger partial charge in [-0.15, -0.1) is 0 Å². The summed E-state index contributed by atoms with van der Waals surface area (Å²) in [6.07, 6.45) is 0. The minimum absolute atomic E-state index is 0.0987. The van der Waals surface area contributed by atoms with Gasteiger partial charge >= 0.3 is 5.97 Å². The monoisotopic (exact) mass is 282 g/mol. The lowest BCUT2D eigenvalue weighted by atomic mass is 10.2. The molecule has 7 nitrogen and oxygen atoms in total. The highest BCUT2D eigenvalue weighted by atomic mass is 32.2. The third kappa shape index (κ3) is 4.79. The van der Waals surface area contributed by atoms with Gasteiger partial charge in [-0.1, -0.05) is 5.92 Å². The summed E-state index contributed by atoms with van der Waals surface area (Å²) in [5.74, 6) is 2.47. The maximum absolute atomic E-state index is 11.6. The number of carboxylic acid groups (broad SMARTS) is 1. The molecule has 0 aromatic heterocycles. The van der Waals surface area contributed by atoms with Gasteiger partial charge in [-0.25, -0.2) is 8.42 Å². The summed E-state index contributed by atoms with van der Waals surface area (Å²) in [6.45, 7) is -0.703. The van der Waals surface area contributed by atoms with E-state index in [9.17, 15) is 18.0 Å². The molecule has 100 valence electrons. The lowest BCUT2D eigenvalue weighted by molar-refractivity contribution is -0.135. The van der Waals surface area contributed by atoms with Gasteiger partial charge in [-0.05, 0) is 30.2 Å². The van der Waals surface area contributed by atoms with E-state index in [1.54, 1.807) is 0 Å². The molecule has 0 saturated carbocycles. The molecule has 0 aliphatic heterocycles. The van der Waals surface area contributed by atoms with Crippen LogP contribution in [0.4, 0.5) is 0 Å². The molecule has 1 aromatic rings. The first-order chi connectivity index (χ1) is 8.81. The van der Waals surface area contributed by atoms with Crippen LogP contribution in [-0.2, 0) is 19.6 Å². The Labute approximate surface area is 109 Å². The molecule has 0 aliphatic carbocycles. The van der Waals surface area contributed by atoms with E-state index in [0.29, 0.717) is 5.56 Å². The minimum atomic E-state index is -3.87. The molecule has 0 heterocycles. The lowest BCUT2D eigenvalue weighted by Crippen LogP contribution is -2.29. The normalized spacial score (nSPS) is 10.3. The average molecular weight is 282 g/mol. The molecular formula is C11H10N2O5S. The number of nitrogens with two attached hydrogens (primary N) is 1. The first-order valence-corrected chi connectivity index (χ1v) is 6.42. The highest BCUT2D eigenvalue weighted by Crippen LogP contribution is 2.09. The number of benzene rings is 1. The van der Waals surface area contributed by atoms with Crippen LogP contribution in [0.25, 0.3) is 0 Å². The Bertz CT molecular complexity index is 653. The molecule has 0 atom stereocenters. The van der Waals surface area contributed by atoms with Crippen LogP contribution < -0.4 is 10.5 Å². The topological polar surface area (TPSA) is 127 Å². The molecule has 8 heteroatoms. The molecule has 0 spiro atoms. The van der Waals surface area contributed by atoms with Crippen molar-refractivity contribution in [3.05, 3.63) is 29.8 Å². The van der Waals surface area contributed by atoms with Gasteiger partial charge in [0.15, 0.2) is 0 Å². The maximum atomic E-state index is 11.6. The van der Waals surface area contributed by atoms with Crippen molar-refractivity contribution in [2.24, 2.45) is 5.73 Å². The van der Waals surface area contributed by atoms with Gasteiger partial charge in [0.25, 0.3) is 5.91 Å². The Kier molecular flexibility index (Phi) is 4.63. The Morgan fingerprint density at radius 1 is 1.26 bits per heavy atom. The van der Waals surface area contributed by atoms with Crippen LogP contribution in [0.15, 0.2) is 29.2 Å². The van der Waals surface area contributed by atoms with Gasteiger partial charge in [0.2, 0.25) is 10.0 Å². The van der Waals surface area contributed by atoms with Gasteiger partial charge in [0, 0.05) is 5.56 Å². The molecule has 0 unspecified atom stereocenters. The van der Waals surface area contributed by atoms with Crippen LogP contribution in [-0.4, -0.2) is 31.9 Å². The molecule has 1 aromatic carbocycles. The van der Waals surface area contributed by atoms with Crippen LogP contribution in [0.1, 0.15) is 5.56 Å². The van der Waals surface area contributed by atoms with Crippen molar-refractivity contribution in [3.8, 4) is 11.8 Å². The van der Waals surface area contributed by atoms with E-state index in [4.69, 9.17) is 10.8 Å². The number of amides is 1. The summed E-state index contributed by atoms with van der Waals surface area (Å²) in [5, 5.41) is 8.40. The van der Waals surface area contributed by atoms with E-state index >= 15 is 0 Å². The summed E-state index contributed by atoms with van der Waals surface area (Å²) in [4.78, 5) is 20.6. The van der Waals surface area contributed by atoms with Crippen molar-refractivity contribution >= 4 is 21.9 Å². The number of hydrogen-bond donors (Lipinski definition) is 3. The van der Waals surface area contributed by atoms with E-state index in [2.05, 4.69) is 11.8 Å². The predicted molar refractivity (Wildman–Crippen MR) is 65.3 cm³/mol. The van der Waals surface area contributed by atoms with Crippen LogP contribution in [0.2, 0.25) is 0 Å². The Balaban J connectivity index is 2.90. The number of rotatable bonds is 4. The van der Waals surface area contributed by atoms with E-state index in [1.165, 1.54) is 24.3 Å². The average Bonchev–Trinajstić information content (AvgIpc) is 2.34. The highest BCUT2D eigenvalue weighted by molar-refractivity contribution is 7.89. The second-order valence-corrected chi connectivity index (χ2v) is 5.12.